The predicted octanol–water partition coefficient (Wildman–Crippen LogP) is 2.64. The zero-order valence-corrected chi connectivity index (χ0v) is 12.8. The molecule has 4 nitrogen and oxygen atoms in total. The Morgan fingerprint density at radius 1 is 1.25 bits per heavy atom. The van der Waals surface area contributed by atoms with Gasteiger partial charge in [0, 0.05) is 12.6 Å². The van der Waals surface area contributed by atoms with E-state index >= 15 is 0 Å². The maximum Gasteiger partial charge on any atom is 0.260 e. The Kier molecular flexibility index (Phi) is 6.52. The molecule has 1 unspecified atom stereocenters. The molecule has 4 heteroatoms. The smallest absolute Gasteiger partial charge is 0.260 e. The number of hydrogen-bond donors (Lipinski definition) is 2. The van der Waals surface area contributed by atoms with E-state index in [4.69, 9.17) is 10.5 Å². The molecule has 112 valence electrons. The summed E-state index contributed by atoms with van der Waals surface area (Å²) in [4.78, 5) is 11.8. The van der Waals surface area contributed by atoms with Crippen LogP contribution in [-0.4, -0.2) is 18.6 Å². The second-order valence-electron chi connectivity index (χ2n) is 5.48. The molecule has 0 bridgehead atoms. The van der Waals surface area contributed by atoms with Gasteiger partial charge in [-0.2, -0.15) is 0 Å². The summed E-state index contributed by atoms with van der Waals surface area (Å²) in [6.45, 7) is 8.58. The predicted molar refractivity (Wildman–Crippen MR) is 81.6 cm³/mol. The molecular formula is C16H26N2O2. The minimum Gasteiger partial charge on any atom is -0.481 e. The first-order chi connectivity index (χ1) is 9.43. The lowest BCUT2D eigenvalue weighted by Crippen LogP contribution is -2.38. The van der Waals surface area contributed by atoms with Gasteiger partial charge in [0.25, 0.3) is 5.91 Å². The quantitative estimate of drug-likeness (QED) is 0.806. The van der Waals surface area contributed by atoms with Gasteiger partial charge in [0.1, 0.15) is 5.75 Å². The summed E-state index contributed by atoms with van der Waals surface area (Å²) in [5.74, 6) is 1.03. The monoisotopic (exact) mass is 278 g/mol. The van der Waals surface area contributed by atoms with Crippen LogP contribution in [0.1, 0.15) is 45.7 Å². The zero-order chi connectivity index (χ0) is 15.1. The Morgan fingerprint density at radius 2 is 1.85 bits per heavy atom. The Labute approximate surface area is 121 Å². The van der Waals surface area contributed by atoms with Gasteiger partial charge in [-0.1, -0.05) is 32.9 Å². The van der Waals surface area contributed by atoms with Gasteiger partial charge in [-0.15, -0.1) is 0 Å². The third kappa shape index (κ3) is 5.21. The van der Waals surface area contributed by atoms with Crippen molar-refractivity contribution in [3.63, 3.8) is 0 Å². The minimum atomic E-state index is -0.501. The highest BCUT2D eigenvalue weighted by molar-refractivity contribution is 5.80. The largest absolute Gasteiger partial charge is 0.481 e. The average molecular weight is 278 g/mol. The molecule has 1 aromatic rings. The van der Waals surface area contributed by atoms with Gasteiger partial charge >= 0.3 is 0 Å². The Morgan fingerprint density at radius 3 is 2.35 bits per heavy atom. The molecule has 0 aliphatic heterocycles. The molecule has 2 atom stereocenters. The summed E-state index contributed by atoms with van der Waals surface area (Å²) in [6, 6.07) is 7.66. The fourth-order valence-corrected chi connectivity index (χ4v) is 1.74. The number of nitrogens with two attached hydrogens (primary N) is 1. The minimum absolute atomic E-state index is 0.0517. The highest BCUT2D eigenvalue weighted by atomic mass is 16.5. The fourth-order valence-electron chi connectivity index (χ4n) is 1.74. The number of ether oxygens (including phenoxy) is 1. The summed E-state index contributed by atoms with van der Waals surface area (Å²) in [6.07, 6.45) is 0.397. The molecule has 3 N–H and O–H groups in total. The summed E-state index contributed by atoms with van der Waals surface area (Å²) in [5.41, 5.74) is 7.04. The number of rotatable bonds is 7. The van der Waals surface area contributed by atoms with Crippen LogP contribution in [0.3, 0.4) is 0 Å². The molecule has 0 aliphatic rings. The van der Waals surface area contributed by atoms with Crippen molar-refractivity contribution in [3.8, 4) is 5.75 Å². The van der Waals surface area contributed by atoms with Crippen molar-refractivity contribution >= 4 is 5.91 Å². The van der Waals surface area contributed by atoms with E-state index in [1.807, 2.05) is 24.3 Å². The van der Waals surface area contributed by atoms with Crippen LogP contribution in [-0.2, 0) is 4.79 Å². The fraction of sp³-hybridized carbons (Fsp3) is 0.562. The van der Waals surface area contributed by atoms with Crippen LogP contribution >= 0.6 is 0 Å². The lowest BCUT2D eigenvalue weighted by molar-refractivity contribution is -0.127. The highest BCUT2D eigenvalue weighted by Crippen LogP contribution is 2.19. The molecule has 0 spiro atoms. The molecule has 0 fully saturated rings. The third-order valence-corrected chi connectivity index (χ3v) is 3.11. The zero-order valence-electron chi connectivity index (χ0n) is 12.8. The van der Waals surface area contributed by atoms with Crippen LogP contribution in [0.5, 0.6) is 5.75 Å². The first kappa shape index (κ1) is 16.5. The number of nitrogens with one attached hydrogen (secondary N) is 1. The van der Waals surface area contributed by atoms with Crippen LogP contribution in [0, 0.1) is 5.92 Å². The maximum absolute atomic E-state index is 11.8. The van der Waals surface area contributed by atoms with Gasteiger partial charge < -0.3 is 15.8 Å². The molecule has 0 heterocycles. The molecule has 0 saturated carbocycles. The van der Waals surface area contributed by atoms with E-state index in [-0.39, 0.29) is 11.9 Å². The van der Waals surface area contributed by atoms with Crippen molar-refractivity contribution < 1.29 is 9.53 Å². The van der Waals surface area contributed by atoms with Crippen molar-refractivity contribution in [1.29, 1.82) is 0 Å². The molecule has 0 saturated heterocycles. The van der Waals surface area contributed by atoms with E-state index in [0.29, 0.717) is 18.2 Å². The van der Waals surface area contributed by atoms with Gasteiger partial charge in [0.05, 0.1) is 0 Å². The van der Waals surface area contributed by atoms with Crippen molar-refractivity contribution in [2.24, 2.45) is 11.7 Å². The number of amides is 1. The Balaban J connectivity index is 2.53. The van der Waals surface area contributed by atoms with Crippen molar-refractivity contribution in [2.45, 2.75) is 46.3 Å². The molecule has 20 heavy (non-hydrogen) atoms. The molecule has 1 aromatic carbocycles. The van der Waals surface area contributed by atoms with E-state index in [1.165, 1.54) is 0 Å². The Bertz CT molecular complexity index is 415. The molecule has 0 radical (unpaired) electrons. The van der Waals surface area contributed by atoms with E-state index < -0.39 is 6.10 Å². The first-order valence-corrected chi connectivity index (χ1v) is 7.24. The van der Waals surface area contributed by atoms with Gasteiger partial charge in [-0.25, -0.2) is 0 Å². The highest BCUT2D eigenvalue weighted by Gasteiger charge is 2.14. The van der Waals surface area contributed by atoms with Gasteiger partial charge in [0.15, 0.2) is 6.10 Å². The lowest BCUT2D eigenvalue weighted by Gasteiger charge is -2.16. The summed E-state index contributed by atoms with van der Waals surface area (Å²) in [5, 5.41) is 2.86. The van der Waals surface area contributed by atoms with E-state index in [2.05, 4.69) is 26.1 Å². The summed E-state index contributed by atoms with van der Waals surface area (Å²) in [7, 11) is 0. The average Bonchev–Trinajstić information content (AvgIpc) is 2.44. The second kappa shape index (κ2) is 7.90. The van der Waals surface area contributed by atoms with Gasteiger partial charge in [-0.05, 0) is 37.0 Å². The molecule has 1 amide bonds. The van der Waals surface area contributed by atoms with Crippen LogP contribution in [0.4, 0.5) is 0 Å². The van der Waals surface area contributed by atoms with Crippen LogP contribution in [0.25, 0.3) is 0 Å². The van der Waals surface area contributed by atoms with E-state index in [0.717, 1.165) is 12.0 Å². The summed E-state index contributed by atoms with van der Waals surface area (Å²) < 4.78 is 5.62. The molecule has 0 aromatic heterocycles. The first-order valence-electron chi connectivity index (χ1n) is 7.24. The molecule has 1 rings (SSSR count). The van der Waals surface area contributed by atoms with E-state index in [1.54, 1.807) is 6.92 Å². The number of benzene rings is 1. The topological polar surface area (TPSA) is 64.3 Å². The second-order valence-corrected chi connectivity index (χ2v) is 5.48. The third-order valence-electron chi connectivity index (χ3n) is 3.11. The van der Waals surface area contributed by atoms with Gasteiger partial charge in [-0.3, -0.25) is 4.79 Å². The lowest BCUT2D eigenvalue weighted by atomic mass is 10.1. The SMILES string of the molecule is CC[C@H](N)c1ccc(OC(C)C(=O)NCC(C)C)cc1. The van der Waals surface area contributed by atoms with Crippen molar-refractivity contribution in [2.75, 3.05) is 6.54 Å². The van der Waals surface area contributed by atoms with Crippen molar-refractivity contribution in [3.05, 3.63) is 29.8 Å². The molecular weight excluding hydrogens is 252 g/mol. The van der Waals surface area contributed by atoms with Crippen LogP contribution in [0.2, 0.25) is 0 Å². The van der Waals surface area contributed by atoms with E-state index in [9.17, 15) is 4.79 Å². The van der Waals surface area contributed by atoms with Crippen LogP contribution < -0.4 is 15.8 Å². The maximum atomic E-state index is 11.8. The standard InChI is InChI=1S/C16H26N2O2/c1-5-15(17)13-6-8-14(9-7-13)20-12(4)16(19)18-10-11(2)3/h6-9,11-12,15H,5,10,17H2,1-4H3,(H,18,19)/t12?,15-/m0/s1. The molecule has 0 aliphatic carbocycles. The van der Waals surface area contributed by atoms with Gasteiger partial charge in [0.2, 0.25) is 0 Å². The number of carbonyl (C=O) groups excluding carboxylic acids is 1. The Hall–Kier alpha value is -1.55. The van der Waals surface area contributed by atoms with Crippen LogP contribution in [0.15, 0.2) is 24.3 Å². The normalized spacial score (nSPS) is 13.9. The van der Waals surface area contributed by atoms with Crippen molar-refractivity contribution in [1.82, 2.24) is 5.32 Å². The number of carbonyl (C=O) groups is 1. The summed E-state index contributed by atoms with van der Waals surface area (Å²) >= 11 is 0. The number of hydrogen-bond acceptors (Lipinski definition) is 3.